The van der Waals surface area contributed by atoms with Crippen LogP contribution in [0.3, 0.4) is 0 Å². The minimum Gasteiger partial charge on any atom is -0.368 e. The fraction of sp³-hybridized carbons (Fsp3) is 0.150. The second kappa shape index (κ2) is 8.21. The van der Waals surface area contributed by atoms with Gasteiger partial charge in [0.1, 0.15) is 17.5 Å². The Morgan fingerprint density at radius 2 is 1.80 bits per heavy atom. The van der Waals surface area contributed by atoms with Gasteiger partial charge in [-0.05, 0) is 43.4 Å². The second-order valence-electron chi connectivity index (χ2n) is 6.77. The smallest absolute Gasteiger partial charge is 0.258 e. The zero-order valence-corrected chi connectivity index (χ0v) is 16.1. The number of rotatable bonds is 6. The summed E-state index contributed by atoms with van der Waals surface area (Å²) in [5, 5.41) is 3.52. The molecule has 0 aliphatic carbocycles. The van der Waals surface area contributed by atoms with Crippen molar-refractivity contribution in [3.05, 3.63) is 76.4 Å². The van der Waals surface area contributed by atoms with Crippen molar-refractivity contribution in [1.82, 2.24) is 29.8 Å². The average molecular weight is 406 g/mol. The Labute approximate surface area is 170 Å². The van der Waals surface area contributed by atoms with E-state index in [2.05, 4.69) is 30.2 Å². The number of nitrogens with one attached hydrogen (secondary N) is 2. The summed E-state index contributed by atoms with van der Waals surface area (Å²) in [6.45, 7) is 0.730. The molecule has 4 rings (SSSR count). The lowest BCUT2D eigenvalue weighted by molar-refractivity contribution is 0.302. The van der Waals surface area contributed by atoms with E-state index in [0.717, 1.165) is 0 Å². The number of hydrogen-bond acceptors (Lipinski definition) is 8. The topological polar surface area (TPSA) is 126 Å². The van der Waals surface area contributed by atoms with Crippen molar-refractivity contribution in [2.45, 2.75) is 13.1 Å². The molecule has 0 atom stereocenters. The van der Waals surface area contributed by atoms with E-state index < -0.39 is 0 Å². The van der Waals surface area contributed by atoms with Crippen LogP contribution in [0, 0.1) is 5.82 Å². The van der Waals surface area contributed by atoms with Gasteiger partial charge in [-0.2, -0.15) is 15.0 Å². The van der Waals surface area contributed by atoms with E-state index >= 15 is 0 Å². The molecule has 0 fully saturated rings. The minimum atomic E-state index is -0.335. The number of nitrogen functional groups attached to an aromatic ring is 1. The van der Waals surface area contributed by atoms with Crippen molar-refractivity contribution >= 4 is 28.5 Å². The maximum atomic E-state index is 13.1. The summed E-state index contributed by atoms with van der Waals surface area (Å²) in [5.74, 6) is 0.967. The number of aromatic nitrogens is 5. The Kier molecular flexibility index (Phi) is 5.31. The van der Waals surface area contributed by atoms with Crippen LogP contribution in [-0.2, 0) is 13.1 Å². The van der Waals surface area contributed by atoms with E-state index in [0.29, 0.717) is 41.3 Å². The first-order valence-corrected chi connectivity index (χ1v) is 9.16. The molecular formula is C20H19FN8O. The van der Waals surface area contributed by atoms with Crippen LogP contribution in [0.5, 0.6) is 0 Å². The van der Waals surface area contributed by atoms with Gasteiger partial charge in [-0.25, -0.2) is 9.37 Å². The van der Waals surface area contributed by atoms with E-state index in [-0.39, 0.29) is 23.3 Å². The van der Waals surface area contributed by atoms with Crippen LogP contribution in [0.25, 0.3) is 10.9 Å². The molecule has 152 valence electrons. The number of H-pyrrole nitrogens is 1. The maximum Gasteiger partial charge on any atom is 0.258 e. The largest absolute Gasteiger partial charge is 0.368 e. The van der Waals surface area contributed by atoms with Crippen molar-refractivity contribution in [2.24, 2.45) is 0 Å². The van der Waals surface area contributed by atoms with E-state index in [1.165, 1.54) is 12.1 Å². The Balaban J connectivity index is 1.49. The van der Waals surface area contributed by atoms with Crippen molar-refractivity contribution < 1.29 is 4.39 Å². The van der Waals surface area contributed by atoms with Crippen LogP contribution in [0.2, 0.25) is 0 Å². The van der Waals surface area contributed by atoms with Crippen LogP contribution >= 0.6 is 0 Å². The fourth-order valence-corrected chi connectivity index (χ4v) is 2.99. The van der Waals surface area contributed by atoms with Crippen LogP contribution in [0.1, 0.15) is 11.6 Å². The standard InChI is InChI=1S/C20H19FN8O/c1-29(10-16-24-15-5-3-2-4-14(15)18(30)25-16)11-17-26-19(22)28-20(27-17)23-13-8-6-12(21)7-9-13/h2-9H,10-11H2,1H3,(H,24,25,30)(H3,22,23,26,27,28). The molecule has 9 nitrogen and oxygen atoms in total. The summed E-state index contributed by atoms with van der Waals surface area (Å²) in [6, 6.07) is 13.0. The molecule has 2 aromatic carbocycles. The highest BCUT2D eigenvalue weighted by molar-refractivity contribution is 5.77. The lowest BCUT2D eigenvalue weighted by atomic mass is 10.2. The molecule has 4 aromatic rings. The van der Waals surface area contributed by atoms with Crippen molar-refractivity contribution in [3.63, 3.8) is 0 Å². The highest BCUT2D eigenvalue weighted by Gasteiger charge is 2.11. The SMILES string of the molecule is CN(Cc1nc(N)nc(Nc2ccc(F)cc2)n1)Cc1nc2ccccc2c(=O)[nH]1. The average Bonchev–Trinajstić information content (AvgIpc) is 2.69. The molecular weight excluding hydrogens is 387 g/mol. The molecule has 0 unspecified atom stereocenters. The predicted molar refractivity (Wildman–Crippen MR) is 111 cm³/mol. The van der Waals surface area contributed by atoms with Gasteiger partial charge in [0.25, 0.3) is 5.56 Å². The molecule has 0 amide bonds. The number of aromatic amines is 1. The number of nitrogens with two attached hydrogens (primary N) is 1. The number of anilines is 3. The molecule has 0 aliphatic heterocycles. The molecule has 10 heteroatoms. The van der Waals surface area contributed by atoms with Crippen molar-refractivity contribution in [3.8, 4) is 0 Å². The molecule has 2 aromatic heterocycles. The lowest BCUT2D eigenvalue weighted by Gasteiger charge is -2.16. The number of hydrogen-bond donors (Lipinski definition) is 3. The van der Waals surface area contributed by atoms with Gasteiger partial charge in [0, 0.05) is 5.69 Å². The second-order valence-corrected chi connectivity index (χ2v) is 6.77. The molecule has 0 saturated carbocycles. The number of fused-ring (bicyclic) bond motifs is 1. The van der Waals surface area contributed by atoms with Gasteiger partial charge in [0.05, 0.1) is 24.0 Å². The van der Waals surface area contributed by atoms with Crippen LogP contribution < -0.4 is 16.6 Å². The first kappa shape index (κ1) is 19.4. The maximum absolute atomic E-state index is 13.1. The van der Waals surface area contributed by atoms with Gasteiger partial charge in [-0.1, -0.05) is 12.1 Å². The number of para-hydroxylation sites is 1. The third-order valence-electron chi connectivity index (χ3n) is 4.29. The summed E-state index contributed by atoms with van der Waals surface area (Å²) in [5.41, 5.74) is 6.89. The third kappa shape index (κ3) is 4.55. The molecule has 30 heavy (non-hydrogen) atoms. The van der Waals surface area contributed by atoms with Gasteiger partial charge < -0.3 is 16.0 Å². The summed E-state index contributed by atoms with van der Waals surface area (Å²) in [6.07, 6.45) is 0. The van der Waals surface area contributed by atoms with Crippen LogP contribution in [0.15, 0.2) is 53.3 Å². The highest BCUT2D eigenvalue weighted by Crippen LogP contribution is 2.15. The minimum absolute atomic E-state index is 0.0650. The van der Waals surface area contributed by atoms with Gasteiger partial charge in [0.15, 0.2) is 0 Å². The quantitative estimate of drug-likeness (QED) is 0.445. The zero-order chi connectivity index (χ0) is 21.1. The summed E-state index contributed by atoms with van der Waals surface area (Å²) in [7, 11) is 1.85. The fourth-order valence-electron chi connectivity index (χ4n) is 2.99. The molecule has 0 radical (unpaired) electrons. The lowest BCUT2D eigenvalue weighted by Crippen LogP contribution is -2.23. The van der Waals surface area contributed by atoms with Crippen LogP contribution in [-0.4, -0.2) is 36.9 Å². The predicted octanol–water partition coefficient (Wildman–Crippen LogP) is 2.20. The first-order valence-electron chi connectivity index (χ1n) is 9.16. The van der Waals surface area contributed by atoms with E-state index in [9.17, 15) is 9.18 Å². The highest BCUT2D eigenvalue weighted by atomic mass is 19.1. The normalized spacial score (nSPS) is 11.2. The molecule has 0 aliphatic rings. The summed E-state index contributed by atoms with van der Waals surface area (Å²) in [4.78, 5) is 34.0. The third-order valence-corrected chi connectivity index (χ3v) is 4.29. The monoisotopic (exact) mass is 406 g/mol. The van der Waals surface area contributed by atoms with E-state index in [4.69, 9.17) is 5.73 Å². The first-order chi connectivity index (χ1) is 14.5. The number of nitrogens with zero attached hydrogens (tertiary/aromatic N) is 5. The summed E-state index contributed by atoms with van der Waals surface area (Å²) >= 11 is 0. The Bertz CT molecular complexity index is 1240. The zero-order valence-electron chi connectivity index (χ0n) is 16.1. The van der Waals surface area contributed by atoms with Gasteiger partial charge in [-0.15, -0.1) is 0 Å². The molecule has 2 heterocycles. The van der Waals surface area contributed by atoms with E-state index in [1.54, 1.807) is 30.3 Å². The number of halogens is 1. The Hall–Kier alpha value is -3.92. The van der Waals surface area contributed by atoms with Crippen molar-refractivity contribution in [1.29, 1.82) is 0 Å². The Morgan fingerprint density at radius 3 is 2.60 bits per heavy atom. The van der Waals surface area contributed by atoms with Crippen LogP contribution in [0.4, 0.5) is 22.0 Å². The molecule has 4 N–H and O–H groups in total. The van der Waals surface area contributed by atoms with Gasteiger partial charge in [0.2, 0.25) is 11.9 Å². The number of benzene rings is 2. The molecule has 0 saturated heterocycles. The van der Waals surface area contributed by atoms with E-state index in [1.807, 2.05) is 18.0 Å². The van der Waals surface area contributed by atoms with Gasteiger partial charge in [-0.3, -0.25) is 9.69 Å². The molecule has 0 spiro atoms. The van der Waals surface area contributed by atoms with Crippen molar-refractivity contribution in [2.75, 3.05) is 18.1 Å². The van der Waals surface area contributed by atoms with Gasteiger partial charge >= 0.3 is 0 Å². The summed E-state index contributed by atoms with van der Waals surface area (Å²) < 4.78 is 13.1. The Morgan fingerprint density at radius 1 is 1.03 bits per heavy atom. The molecule has 0 bridgehead atoms.